The number of benzene rings is 3. The highest BCUT2D eigenvalue weighted by Crippen LogP contribution is 2.38. The minimum atomic E-state index is -0.428. The van der Waals surface area contributed by atoms with Crippen LogP contribution in [0.2, 0.25) is 5.02 Å². The lowest BCUT2D eigenvalue weighted by Crippen LogP contribution is -2.01. The first-order valence-electron chi connectivity index (χ1n) is 9.21. The van der Waals surface area contributed by atoms with Gasteiger partial charge in [0.15, 0.2) is 11.5 Å². The van der Waals surface area contributed by atoms with Gasteiger partial charge in [-0.25, -0.2) is 8.78 Å². The summed E-state index contributed by atoms with van der Waals surface area (Å²) in [5, 5.41) is 9.78. The standard InChI is InChI=1S/C24H18ClF2NO2/c1-2-29-23-12-17(9-19(14-28)18-6-4-8-21(27)13-18)11-22(25)24(23)30-15-16-5-3-7-20(26)10-16/h3-13H,2,15H2,1H3/b19-9-. The Morgan fingerprint density at radius 1 is 1.03 bits per heavy atom. The third-order valence-corrected chi connectivity index (χ3v) is 4.45. The highest BCUT2D eigenvalue weighted by molar-refractivity contribution is 6.32. The van der Waals surface area contributed by atoms with Crippen LogP contribution in [0.1, 0.15) is 23.6 Å². The fraction of sp³-hybridized carbons (Fsp3) is 0.125. The molecule has 0 saturated carbocycles. The van der Waals surface area contributed by atoms with Gasteiger partial charge in [-0.3, -0.25) is 0 Å². The molecule has 6 heteroatoms. The van der Waals surface area contributed by atoms with Gasteiger partial charge in [0.2, 0.25) is 0 Å². The van der Waals surface area contributed by atoms with Gasteiger partial charge in [0.1, 0.15) is 18.2 Å². The Bertz CT molecular complexity index is 1120. The molecule has 0 heterocycles. The Balaban J connectivity index is 1.93. The quantitative estimate of drug-likeness (QED) is 0.314. The van der Waals surface area contributed by atoms with Crippen molar-refractivity contribution in [2.75, 3.05) is 6.61 Å². The smallest absolute Gasteiger partial charge is 0.180 e. The summed E-state index contributed by atoms with van der Waals surface area (Å²) >= 11 is 6.41. The van der Waals surface area contributed by atoms with Gasteiger partial charge in [0.05, 0.1) is 23.3 Å². The molecule has 3 aromatic carbocycles. The molecule has 0 aliphatic rings. The molecule has 0 atom stereocenters. The molecule has 0 aromatic heterocycles. The van der Waals surface area contributed by atoms with Crippen LogP contribution < -0.4 is 9.47 Å². The highest BCUT2D eigenvalue weighted by Gasteiger charge is 2.13. The second kappa shape index (κ2) is 9.91. The van der Waals surface area contributed by atoms with E-state index in [0.717, 1.165) is 0 Å². The maximum Gasteiger partial charge on any atom is 0.180 e. The van der Waals surface area contributed by atoms with Crippen molar-refractivity contribution in [2.24, 2.45) is 0 Å². The molecule has 0 unspecified atom stereocenters. The molecule has 0 bridgehead atoms. The molecular formula is C24H18ClF2NO2. The number of allylic oxidation sites excluding steroid dienone is 1. The molecule has 30 heavy (non-hydrogen) atoms. The third kappa shape index (κ3) is 5.37. The van der Waals surface area contributed by atoms with Crippen LogP contribution in [-0.4, -0.2) is 6.61 Å². The number of hydrogen-bond donors (Lipinski definition) is 0. The Kier molecular flexibility index (Phi) is 7.05. The lowest BCUT2D eigenvalue weighted by Gasteiger charge is -2.15. The SMILES string of the molecule is CCOc1cc(/C=C(/C#N)c2cccc(F)c2)cc(Cl)c1OCc1cccc(F)c1. The van der Waals surface area contributed by atoms with E-state index >= 15 is 0 Å². The second-order valence-electron chi connectivity index (χ2n) is 6.36. The topological polar surface area (TPSA) is 42.2 Å². The molecule has 0 N–H and O–H groups in total. The van der Waals surface area contributed by atoms with Crippen LogP contribution in [-0.2, 0) is 6.61 Å². The second-order valence-corrected chi connectivity index (χ2v) is 6.77. The van der Waals surface area contributed by atoms with Crippen molar-refractivity contribution in [1.82, 2.24) is 0 Å². The van der Waals surface area contributed by atoms with Crippen molar-refractivity contribution in [2.45, 2.75) is 13.5 Å². The predicted octanol–water partition coefficient (Wildman–Crippen LogP) is 6.66. The van der Waals surface area contributed by atoms with E-state index in [9.17, 15) is 14.0 Å². The van der Waals surface area contributed by atoms with Gasteiger partial charge in [0, 0.05) is 0 Å². The van der Waals surface area contributed by atoms with Gasteiger partial charge in [0.25, 0.3) is 0 Å². The van der Waals surface area contributed by atoms with Gasteiger partial charge >= 0.3 is 0 Å². The van der Waals surface area contributed by atoms with Crippen molar-refractivity contribution in [3.05, 3.63) is 94.0 Å². The third-order valence-electron chi connectivity index (χ3n) is 4.17. The van der Waals surface area contributed by atoms with Crippen molar-refractivity contribution in [3.63, 3.8) is 0 Å². The molecule has 3 aromatic rings. The molecule has 3 rings (SSSR count). The summed E-state index contributed by atoms with van der Waals surface area (Å²) in [6.45, 7) is 2.30. The van der Waals surface area contributed by atoms with Gasteiger partial charge in [-0.2, -0.15) is 5.26 Å². The van der Waals surface area contributed by atoms with E-state index in [1.807, 2.05) is 6.92 Å². The van der Waals surface area contributed by atoms with E-state index in [2.05, 4.69) is 6.07 Å². The summed E-state index contributed by atoms with van der Waals surface area (Å²) in [4.78, 5) is 0. The average molecular weight is 426 g/mol. The molecule has 3 nitrogen and oxygen atoms in total. The summed E-state index contributed by atoms with van der Waals surface area (Å²) in [6.07, 6.45) is 1.60. The first-order chi connectivity index (χ1) is 14.5. The number of halogens is 3. The summed E-state index contributed by atoms with van der Waals surface area (Å²) < 4.78 is 38.3. The van der Waals surface area contributed by atoms with Crippen LogP contribution in [0.4, 0.5) is 8.78 Å². The predicted molar refractivity (Wildman–Crippen MR) is 113 cm³/mol. The Morgan fingerprint density at radius 2 is 1.77 bits per heavy atom. The van der Waals surface area contributed by atoms with Gasteiger partial charge in [-0.1, -0.05) is 35.9 Å². The lowest BCUT2D eigenvalue weighted by molar-refractivity contribution is 0.269. The molecule has 0 saturated heterocycles. The maximum absolute atomic E-state index is 13.5. The van der Waals surface area contributed by atoms with Crippen LogP contribution in [0, 0.1) is 23.0 Å². The molecule has 0 amide bonds. The molecule has 152 valence electrons. The van der Waals surface area contributed by atoms with Gasteiger partial charge in [-0.15, -0.1) is 0 Å². The zero-order valence-electron chi connectivity index (χ0n) is 16.2. The summed E-state index contributed by atoms with van der Waals surface area (Å²) in [7, 11) is 0. The number of hydrogen-bond acceptors (Lipinski definition) is 3. The van der Waals surface area contributed by atoms with Crippen molar-refractivity contribution in [1.29, 1.82) is 5.26 Å². The minimum absolute atomic E-state index is 0.111. The van der Waals surface area contributed by atoms with Gasteiger partial charge < -0.3 is 9.47 Å². The summed E-state index contributed by atoms with van der Waals surface area (Å²) in [5.41, 5.74) is 1.98. The number of ether oxygens (including phenoxy) is 2. The fourth-order valence-corrected chi connectivity index (χ4v) is 3.13. The normalized spacial score (nSPS) is 11.1. The first-order valence-corrected chi connectivity index (χ1v) is 9.59. The van der Waals surface area contributed by atoms with E-state index in [1.165, 1.54) is 30.3 Å². The van der Waals surface area contributed by atoms with Crippen LogP contribution in [0.3, 0.4) is 0 Å². The Hall–Kier alpha value is -3.36. The molecule has 0 spiro atoms. The number of nitriles is 1. The van der Waals surface area contributed by atoms with E-state index in [4.69, 9.17) is 21.1 Å². The van der Waals surface area contributed by atoms with Crippen LogP contribution >= 0.6 is 11.6 Å². The largest absolute Gasteiger partial charge is 0.490 e. The minimum Gasteiger partial charge on any atom is -0.490 e. The first kappa shape index (κ1) is 21.4. The zero-order valence-corrected chi connectivity index (χ0v) is 16.9. The molecular weight excluding hydrogens is 408 g/mol. The average Bonchev–Trinajstić information content (AvgIpc) is 2.71. The van der Waals surface area contributed by atoms with E-state index < -0.39 is 5.82 Å². The fourth-order valence-electron chi connectivity index (χ4n) is 2.86. The molecule has 0 radical (unpaired) electrons. The monoisotopic (exact) mass is 425 g/mol. The van der Waals surface area contributed by atoms with Crippen LogP contribution in [0.15, 0.2) is 60.7 Å². The zero-order chi connectivity index (χ0) is 21.5. The van der Waals surface area contributed by atoms with Gasteiger partial charge in [-0.05, 0) is 66.1 Å². The van der Waals surface area contributed by atoms with Crippen LogP contribution in [0.25, 0.3) is 11.6 Å². The van der Waals surface area contributed by atoms with E-state index in [1.54, 1.807) is 36.4 Å². The summed E-state index contributed by atoms with van der Waals surface area (Å²) in [6, 6.07) is 17.3. The number of rotatable bonds is 7. The summed E-state index contributed by atoms with van der Waals surface area (Å²) in [5.74, 6) is -0.0646. The highest BCUT2D eigenvalue weighted by atomic mass is 35.5. The Morgan fingerprint density at radius 3 is 2.43 bits per heavy atom. The van der Waals surface area contributed by atoms with Crippen molar-refractivity contribution in [3.8, 4) is 17.6 Å². The van der Waals surface area contributed by atoms with Crippen molar-refractivity contribution < 1.29 is 18.3 Å². The number of nitrogens with zero attached hydrogens (tertiary/aromatic N) is 1. The molecule has 0 fully saturated rings. The maximum atomic E-state index is 13.5. The molecule has 0 aliphatic carbocycles. The van der Waals surface area contributed by atoms with E-state index in [0.29, 0.717) is 34.8 Å². The van der Waals surface area contributed by atoms with E-state index in [-0.39, 0.29) is 23.0 Å². The molecule has 0 aliphatic heterocycles. The lowest BCUT2D eigenvalue weighted by atomic mass is 10.0. The van der Waals surface area contributed by atoms with Crippen molar-refractivity contribution >= 4 is 23.3 Å². The van der Waals surface area contributed by atoms with Crippen LogP contribution in [0.5, 0.6) is 11.5 Å². The Labute approximate surface area is 178 Å².